The SMILES string of the molecule is COc1ccc(C(OC[C@H]2OC(OC[C@H]3O[C@H](OC)[C@H](OCc4ccccc4)[C@@H](OCc4ccccc4)[C@@H]3OCc3ccccc3)[C@@H](OCc3ccccc3)[C@@H](OCc3ccccc3)[C@@H]2OCc2ccccc2)(c2ccccc2)c2ccc(OC)cc2)cc1. The third-order valence-electron chi connectivity index (χ3n) is 16.2. The van der Waals surface area contributed by atoms with Gasteiger partial charge in [0.2, 0.25) is 0 Å². The first-order valence-electron chi connectivity index (χ1n) is 30.3. The second-order valence-electron chi connectivity index (χ2n) is 22.0. The number of hydrogen-bond donors (Lipinski definition) is 0. The van der Waals surface area contributed by atoms with Crippen LogP contribution in [0.2, 0.25) is 0 Å². The normalized spacial score (nSPS) is 21.9. The van der Waals surface area contributed by atoms with Gasteiger partial charge in [-0.2, -0.15) is 0 Å². The third-order valence-corrected chi connectivity index (χ3v) is 16.2. The molecule has 13 heteroatoms. The molecule has 460 valence electrons. The van der Waals surface area contributed by atoms with Crippen LogP contribution in [-0.4, -0.2) is 96.0 Å². The van der Waals surface area contributed by atoms with E-state index in [-0.39, 0.29) is 52.9 Å². The molecule has 2 aliphatic heterocycles. The van der Waals surface area contributed by atoms with Crippen LogP contribution in [0.5, 0.6) is 11.5 Å². The average Bonchev–Trinajstić information content (AvgIpc) is 1.97. The Labute approximate surface area is 522 Å². The minimum absolute atomic E-state index is 0.0345. The Morgan fingerprint density at radius 2 is 0.562 bits per heavy atom. The zero-order valence-corrected chi connectivity index (χ0v) is 50.6. The molecule has 2 saturated heterocycles. The molecule has 0 radical (unpaired) electrons. The fourth-order valence-corrected chi connectivity index (χ4v) is 11.6. The first kappa shape index (κ1) is 62.7. The van der Waals surface area contributed by atoms with Gasteiger partial charge < -0.3 is 61.6 Å². The van der Waals surface area contributed by atoms with Gasteiger partial charge in [0.05, 0.1) is 67.1 Å². The van der Waals surface area contributed by atoms with Crippen molar-refractivity contribution in [1.29, 1.82) is 0 Å². The lowest BCUT2D eigenvalue weighted by atomic mass is 9.80. The van der Waals surface area contributed by atoms with Crippen molar-refractivity contribution in [2.75, 3.05) is 34.5 Å². The van der Waals surface area contributed by atoms with Crippen molar-refractivity contribution >= 4 is 0 Å². The van der Waals surface area contributed by atoms with E-state index in [0.717, 1.165) is 50.1 Å². The Hall–Kier alpha value is -7.86. The monoisotopic (exact) mass is 1200 g/mol. The van der Waals surface area contributed by atoms with Crippen LogP contribution in [0, 0.1) is 0 Å². The van der Waals surface area contributed by atoms with E-state index in [1.165, 1.54) is 0 Å². The summed E-state index contributed by atoms with van der Waals surface area (Å²) in [6.45, 7) is 1.30. The number of rotatable bonds is 30. The smallest absolute Gasteiger partial charge is 0.187 e. The van der Waals surface area contributed by atoms with Gasteiger partial charge in [-0.3, -0.25) is 0 Å². The molecule has 0 saturated carbocycles. The van der Waals surface area contributed by atoms with Crippen molar-refractivity contribution in [3.8, 4) is 11.5 Å². The molecule has 0 bridgehead atoms. The van der Waals surface area contributed by atoms with E-state index in [9.17, 15) is 0 Å². The van der Waals surface area contributed by atoms with Crippen molar-refractivity contribution in [3.05, 3.63) is 311 Å². The first-order valence-corrected chi connectivity index (χ1v) is 30.3. The maximum Gasteiger partial charge on any atom is 0.187 e. The van der Waals surface area contributed by atoms with E-state index >= 15 is 0 Å². The standard InChI is InChI=1S/C76H78O13/c1-77-64-43-39-62(40-44-64)76(61-37-23-10-24-38-61,63-41-45-65(78-2)46-42-63)87-54-67-69(81-48-56-27-13-5-14-28-56)71(83-50-58-31-17-7-18-32-58)73(85-52-60-35-21-9-22-36-60)75(89-67)86-53-66-68(80-47-55-25-11-4-12-26-55)70(82-49-57-29-15-6-16-30-57)72(74(79-3)88-66)84-51-59-33-19-8-20-34-59/h4-46,66-75H,47-54H2,1-3H3/t66-,67-,68-,69-,70+,71+,72-,73+,74+,75?/m1/s1. The van der Waals surface area contributed by atoms with Gasteiger partial charge in [0, 0.05) is 7.11 Å². The topological polar surface area (TPSA) is 120 Å². The van der Waals surface area contributed by atoms with Crippen molar-refractivity contribution in [2.24, 2.45) is 0 Å². The molecule has 13 nitrogen and oxygen atoms in total. The quantitative estimate of drug-likeness (QED) is 0.0398. The summed E-state index contributed by atoms with van der Waals surface area (Å²) in [5.41, 5.74) is 7.13. The van der Waals surface area contributed by atoms with Crippen molar-refractivity contribution in [1.82, 2.24) is 0 Å². The van der Waals surface area contributed by atoms with Gasteiger partial charge >= 0.3 is 0 Å². The zero-order chi connectivity index (χ0) is 60.9. The van der Waals surface area contributed by atoms with Gasteiger partial charge in [-0.15, -0.1) is 0 Å². The maximum absolute atomic E-state index is 7.71. The molecule has 1 unspecified atom stereocenters. The lowest BCUT2D eigenvalue weighted by molar-refractivity contribution is -0.352. The average molecular weight is 1200 g/mol. The molecule has 0 amide bonds. The Morgan fingerprint density at radius 3 is 0.899 bits per heavy atom. The van der Waals surface area contributed by atoms with Crippen LogP contribution in [0.1, 0.15) is 50.1 Å². The molecule has 2 aliphatic rings. The molecule has 0 spiro atoms. The molecule has 9 aromatic rings. The van der Waals surface area contributed by atoms with E-state index in [2.05, 4.69) is 12.1 Å². The summed E-state index contributed by atoms with van der Waals surface area (Å²) in [5.74, 6) is 1.40. The first-order chi connectivity index (χ1) is 44.0. The second-order valence-corrected chi connectivity index (χ2v) is 22.0. The highest BCUT2D eigenvalue weighted by molar-refractivity contribution is 5.50. The molecule has 0 aromatic heterocycles. The largest absolute Gasteiger partial charge is 0.497 e. The molecule has 0 aliphatic carbocycles. The predicted molar refractivity (Wildman–Crippen MR) is 339 cm³/mol. The van der Waals surface area contributed by atoms with E-state index < -0.39 is 67.0 Å². The Morgan fingerprint density at radius 1 is 0.281 bits per heavy atom. The molecular weight excluding hydrogens is 1120 g/mol. The van der Waals surface area contributed by atoms with Crippen LogP contribution < -0.4 is 9.47 Å². The summed E-state index contributed by atoms with van der Waals surface area (Å²) >= 11 is 0. The fraction of sp³-hybridized carbons (Fsp3) is 0.289. The van der Waals surface area contributed by atoms with Gasteiger partial charge in [0.25, 0.3) is 0 Å². The Kier molecular flexibility index (Phi) is 22.6. The van der Waals surface area contributed by atoms with Gasteiger partial charge in [-0.05, 0) is 74.3 Å². The van der Waals surface area contributed by atoms with Gasteiger partial charge in [0.1, 0.15) is 65.9 Å². The van der Waals surface area contributed by atoms with Crippen molar-refractivity contribution < 1.29 is 61.6 Å². The van der Waals surface area contributed by atoms with Crippen LogP contribution in [0.25, 0.3) is 0 Å². The second kappa shape index (κ2) is 32.1. The van der Waals surface area contributed by atoms with Crippen LogP contribution in [0.4, 0.5) is 0 Å². The summed E-state index contributed by atoms with van der Waals surface area (Å²) in [6.07, 6.45) is -8.53. The predicted octanol–water partition coefficient (Wildman–Crippen LogP) is 13.6. The van der Waals surface area contributed by atoms with Crippen molar-refractivity contribution in [3.63, 3.8) is 0 Å². The van der Waals surface area contributed by atoms with Crippen LogP contribution in [0.3, 0.4) is 0 Å². The summed E-state index contributed by atoms with van der Waals surface area (Å²) < 4.78 is 89.8. The fourth-order valence-electron chi connectivity index (χ4n) is 11.6. The van der Waals surface area contributed by atoms with E-state index in [1.54, 1.807) is 21.3 Å². The van der Waals surface area contributed by atoms with E-state index in [1.807, 2.05) is 249 Å². The molecule has 10 atom stereocenters. The van der Waals surface area contributed by atoms with Crippen LogP contribution in [0.15, 0.2) is 261 Å². The molecule has 0 N–H and O–H groups in total. The Balaban J connectivity index is 1.00. The lowest BCUT2D eigenvalue weighted by Gasteiger charge is -2.48. The highest BCUT2D eigenvalue weighted by Gasteiger charge is 2.53. The molecule has 2 heterocycles. The zero-order valence-electron chi connectivity index (χ0n) is 50.6. The van der Waals surface area contributed by atoms with E-state index in [0.29, 0.717) is 11.5 Å². The summed E-state index contributed by atoms with van der Waals surface area (Å²) in [4.78, 5) is 0. The number of methoxy groups -OCH3 is 3. The number of hydrogen-bond acceptors (Lipinski definition) is 13. The minimum Gasteiger partial charge on any atom is -0.497 e. The van der Waals surface area contributed by atoms with Gasteiger partial charge in [-0.1, -0.05) is 237 Å². The summed E-state index contributed by atoms with van der Waals surface area (Å²) in [6, 6.07) is 86.4. The molecule has 11 rings (SSSR count). The number of benzene rings is 9. The minimum atomic E-state index is -1.23. The van der Waals surface area contributed by atoms with Crippen LogP contribution in [-0.2, 0) is 97.3 Å². The highest BCUT2D eigenvalue weighted by Crippen LogP contribution is 2.43. The van der Waals surface area contributed by atoms with Crippen molar-refractivity contribution in [2.45, 2.75) is 107 Å². The highest BCUT2D eigenvalue weighted by atomic mass is 16.8. The molecule has 89 heavy (non-hydrogen) atoms. The molecular formula is C76H78O13. The van der Waals surface area contributed by atoms with Crippen LogP contribution >= 0.6 is 0 Å². The Bertz CT molecular complexity index is 3380. The molecule has 9 aromatic carbocycles. The number of ether oxygens (including phenoxy) is 13. The lowest BCUT2D eigenvalue weighted by Crippen LogP contribution is -2.64. The summed E-state index contributed by atoms with van der Waals surface area (Å²) in [7, 11) is 4.93. The molecule has 2 fully saturated rings. The van der Waals surface area contributed by atoms with Gasteiger partial charge in [-0.25, -0.2) is 0 Å². The maximum atomic E-state index is 7.71. The summed E-state index contributed by atoms with van der Waals surface area (Å²) in [5, 5.41) is 0. The van der Waals surface area contributed by atoms with E-state index in [4.69, 9.17) is 61.6 Å². The van der Waals surface area contributed by atoms with Gasteiger partial charge in [0.15, 0.2) is 12.6 Å². The third kappa shape index (κ3) is 16.3.